The van der Waals surface area contributed by atoms with E-state index in [4.69, 9.17) is 19.9 Å². The Morgan fingerprint density at radius 3 is 1.46 bits per heavy atom. The van der Waals surface area contributed by atoms with Crippen molar-refractivity contribution in [3.05, 3.63) is 285 Å². The van der Waals surface area contributed by atoms with Gasteiger partial charge < -0.3 is 0 Å². The van der Waals surface area contributed by atoms with E-state index < -0.39 is 0 Å². The van der Waals surface area contributed by atoms with E-state index in [1.807, 2.05) is 85.2 Å². The Balaban J connectivity index is 0.693. The van der Waals surface area contributed by atoms with Gasteiger partial charge in [0.15, 0.2) is 0 Å². The summed E-state index contributed by atoms with van der Waals surface area (Å²) >= 11 is 0. The molecule has 0 saturated carbocycles. The number of hydrogen-bond acceptors (Lipinski definition) is 6. The molecule has 1 aliphatic rings. The Hall–Kier alpha value is -11.4. The highest BCUT2D eigenvalue weighted by atomic mass is 15.1. The highest BCUT2D eigenvalue weighted by Crippen LogP contribution is 2.39. The maximum atomic E-state index is 5.35. The lowest BCUT2D eigenvalue weighted by molar-refractivity contribution is 0.936. The molecular weight excluding hydrogens is 1030 g/mol. The highest BCUT2D eigenvalue weighted by Gasteiger charge is 2.23. The van der Waals surface area contributed by atoms with Gasteiger partial charge >= 0.3 is 0 Å². The molecule has 7 aromatic carbocycles. The first-order valence-corrected chi connectivity index (χ1v) is 28.3. The minimum absolute atomic E-state index is 0.843. The third kappa shape index (κ3) is 8.51. The van der Waals surface area contributed by atoms with Gasteiger partial charge in [-0.05, 0) is 143 Å². The molecule has 0 spiro atoms. The van der Waals surface area contributed by atoms with Crippen molar-refractivity contribution in [1.29, 1.82) is 0 Å². The van der Waals surface area contributed by atoms with E-state index in [9.17, 15) is 0 Å². The number of benzene rings is 7. The second-order valence-electron chi connectivity index (χ2n) is 21.1. The molecule has 10 nitrogen and oxygen atoms in total. The van der Waals surface area contributed by atoms with Gasteiger partial charge in [-0.2, -0.15) is 0 Å². The number of imidazole rings is 4. The molecule has 15 aromatic rings. The van der Waals surface area contributed by atoms with Crippen molar-refractivity contribution in [3.63, 3.8) is 0 Å². The molecule has 16 rings (SSSR count). The number of allylic oxidation sites excluding steroid dienone is 1. The molecule has 10 heteroatoms. The molecule has 0 bridgehead atoms. The van der Waals surface area contributed by atoms with Gasteiger partial charge in [0.1, 0.15) is 34.3 Å². The van der Waals surface area contributed by atoms with Crippen LogP contribution in [0, 0.1) is 0 Å². The lowest BCUT2D eigenvalue weighted by Crippen LogP contribution is -2.02. The largest absolute Gasteiger partial charge is 0.299 e. The fourth-order valence-corrected chi connectivity index (χ4v) is 12.0. The van der Waals surface area contributed by atoms with E-state index in [1.165, 1.54) is 0 Å². The molecule has 0 radical (unpaired) electrons. The normalized spacial score (nSPS) is 12.1. The van der Waals surface area contributed by atoms with E-state index in [0.717, 1.165) is 159 Å². The maximum absolute atomic E-state index is 5.35. The lowest BCUT2D eigenvalue weighted by atomic mass is 10.00. The van der Waals surface area contributed by atoms with Crippen LogP contribution in [0.2, 0.25) is 0 Å². The van der Waals surface area contributed by atoms with Crippen molar-refractivity contribution in [3.8, 4) is 113 Å². The molecule has 0 unspecified atom stereocenters. The first kappa shape index (κ1) is 48.5. The maximum Gasteiger partial charge on any atom is 0.145 e. The molecular formula is C74H50N10. The minimum atomic E-state index is 0.843. The van der Waals surface area contributed by atoms with Crippen LogP contribution >= 0.6 is 0 Å². The number of pyridine rings is 4. The van der Waals surface area contributed by atoms with Crippen molar-refractivity contribution < 1.29 is 0 Å². The Morgan fingerprint density at radius 2 is 0.857 bits per heavy atom. The van der Waals surface area contributed by atoms with Gasteiger partial charge in [-0.1, -0.05) is 158 Å². The van der Waals surface area contributed by atoms with Crippen LogP contribution in [0.4, 0.5) is 0 Å². The fraction of sp³-hybridized carbons (Fsp3) is 0.0270. The Labute approximate surface area is 484 Å². The van der Waals surface area contributed by atoms with Crippen LogP contribution in [0.1, 0.15) is 17.8 Å². The SMILES string of the molecule is C1=Cc2c(nc(-c3ccc(-c4ccc(-c5c(-c6ccccn6)nc6ccccn56)cc4)cc3)n2-c2cccc(-c3cccc(-c4nc5ccccc5n4-c4ccc(-c5ccc(-c6c(-c7ccccn7)nc7ccccn67)cc5)cc4)c3)c2)CC1. The zero-order chi connectivity index (χ0) is 55.5. The van der Waals surface area contributed by atoms with E-state index >= 15 is 0 Å². The van der Waals surface area contributed by atoms with Crippen molar-refractivity contribution >= 4 is 28.4 Å². The van der Waals surface area contributed by atoms with Crippen LogP contribution in [-0.4, -0.2) is 47.8 Å². The van der Waals surface area contributed by atoms with E-state index in [2.05, 4.69) is 222 Å². The first-order valence-electron chi connectivity index (χ1n) is 28.3. The van der Waals surface area contributed by atoms with Gasteiger partial charge in [0.2, 0.25) is 0 Å². The summed E-state index contributed by atoms with van der Waals surface area (Å²) in [7, 11) is 0. The third-order valence-electron chi connectivity index (χ3n) is 16.1. The molecule has 8 aromatic heterocycles. The summed E-state index contributed by atoms with van der Waals surface area (Å²) in [5.74, 6) is 1.80. The summed E-state index contributed by atoms with van der Waals surface area (Å²) in [5, 5.41) is 0. The second-order valence-corrected chi connectivity index (χ2v) is 21.1. The molecule has 0 N–H and O–H groups in total. The molecule has 1 aliphatic carbocycles. The fourth-order valence-electron chi connectivity index (χ4n) is 12.0. The number of fused-ring (bicyclic) bond motifs is 4. The number of aromatic nitrogens is 10. The molecule has 84 heavy (non-hydrogen) atoms. The van der Waals surface area contributed by atoms with Crippen LogP contribution in [0.25, 0.3) is 141 Å². The summed E-state index contributed by atoms with van der Waals surface area (Å²) in [4.78, 5) is 30.0. The minimum Gasteiger partial charge on any atom is -0.299 e. The van der Waals surface area contributed by atoms with E-state index in [1.54, 1.807) is 0 Å². The monoisotopic (exact) mass is 1080 g/mol. The Bertz CT molecular complexity index is 4970. The average molecular weight is 1080 g/mol. The van der Waals surface area contributed by atoms with Gasteiger partial charge in [0.25, 0.3) is 0 Å². The van der Waals surface area contributed by atoms with Crippen LogP contribution in [-0.2, 0) is 6.42 Å². The first-order chi connectivity index (χ1) is 41.6. The number of aryl methyl sites for hydroxylation is 1. The van der Waals surface area contributed by atoms with Gasteiger partial charge in [0.05, 0.1) is 45.2 Å². The second kappa shape index (κ2) is 20.3. The molecule has 8 heterocycles. The van der Waals surface area contributed by atoms with Crippen molar-refractivity contribution in [1.82, 2.24) is 47.8 Å². The zero-order valence-electron chi connectivity index (χ0n) is 45.4. The molecule has 0 amide bonds. The van der Waals surface area contributed by atoms with Crippen LogP contribution in [0.3, 0.4) is 0 Å². The standard InChI is InChI=1S/C74H50N10/c1-3-23-65-61(19-1)78-74(83(65)59-41-39-52(40-42-59)50-29-35-54(36-30-50)72-70(64-22-6-10-44-76-64)80-68-26-8-12-46-82(68)72)58-17-13-15-56(47-58)57-16-14-18-60(48-57)84-66-24-4-2-20-62(66)77-73(84)55-37-31-51(32-38-55)49-27-33-53(34-28-49)71-69(63-21-5-9-43-75-63)79-67-25-7-11-45-81(67)71/h1,3-19,21-48H,2,20H2. The smallest absolute Gasteiger partial charge is 0.145 e. The predicted molar refractivity (Wildman–Crippen MR) is 338 cm³/mol. The molecule has 0 saturated heterocycles. The van der Waals surface area contributed by atoms with Gasteiger partial charge in [-0.15, -0.1) is 0 Å². The number of para-hydroxylation sites is 2. The van der Waals surface area contributed by atoms with Crippen LogP contribution in [0.5, 0.6) is 0 Å². The quantitative estimate of drug-likeness (QED) is 0.128. The van der Waals surface area contributed by atoms with Crippen LogP contribution in [0.15, 0.2) is 274 Å². The summed E-state index contributed by atoms with van der Waals surface area (Å²) in [6, 6.07) is 85.2. The van der Waals surface area contributed by atoms with Gasteiger partial charge in [0, 0.05) is 58.4 Å². The van der Waals surface area contributed by atoms with Crippen LogP contribution < -0.4 is 0 Å². The van der Waals surface area contributed by atoms with Crippen molar-refractivity contribution in [2.24, 2.45) is 0 Å². The third-order valence-corrected chi connectivity index (χ3v) is 16.1. The zero-order valence-corrected chi connectivity index (χ0v) is 45.4. The van der Waals surface area contributed by atoms with Gasteiger partial charge in [-0.3, -0.25) is 27.9 Å². The summed E-state index contributed by atoms with van der Waals surface area (Å²) in [5.41, 5.74) is 24.4. The highest BCUT2D eigenvalue weighted by molar-refractivity contribution is 5.87. The molecule has 0 atom stereocenters. The predicted octanol–water partition coefficient (Wildman–Crippen LogP) is 17.3. The molecule has 0 aliphatic heterocycles. The van der Waals surface area contributed by atoms with Crippen molar-refractivity contribution in [2.45, 2.75) is 12.8 Å². The number of nitrogens with zero attached hydrogens (tertiary/aromatic N) is 10. The summed E-state index contributed by atoms with van der Waals surface area (Å²) < 4.78 is 8.89. The molecule has 0 fully saturated rings. The number of rotatable bonds is 11. The lowest BCUT2D eigenvalue weighted by Gasteiger charge is -2.15. The van der Waals surface area contributed by atoms with E-state index in [-0.39, 0.29) is 0 Å². The summed E-state index contributed by atoms with van der Waals surface area (Å²) in [6.45, 7) is 0. The summed E-state index contributed by atoms with van der Waals surface area (Å²) in [6.07, 6.45) is 14.1. The van der Waals surface area contributed by atoms with Gasteiger partial charge in [-0.25, -0.2) is 19.9 Å². The Kier molecular flexibility index (Phi) is 11.7. The topological polar surface area (TPSA) is 96.0 Å². The van der Waals surface area contributed by atoms with Crippen molar-refractivity contribution in [2.75, 3.05) is 0 Å². The average Bonchev–Trinajstić information content (AvgIpc) is 4.42. The molecule has 396 valence electrons. The number of hydrogen-bond donors (Lipinski definition) is 0. The van der Waals surface area contributed by atoms with E-state index in [0.29, 0.717) is 0 Å². The Morgan fingerprint density at radius 1 is 0.345 bits per heavy atom.